The molecule has 1 N–H and O–H groups in total. The van der Waals surface area contributed by atoms with Crippen LogP contribution in [0.15, 0.2) is 49.1 Å². The third-order valence-electron chi connectivity index (χ3n) is 3.84. The minimum atomic E-state index is -0.114. The Bertz CT molecular complexity index is 837. The van der Waals surface area contributed by atoms with Crippen molar-refractivity contribution in [1.82, 2.24) is 29.9 Å². The highest BCUT2D eigenvalue weighted by molar-refractivity contribution is 5.95. The summed E-state index contributed by atoms with van der Waals surface area (Å²) in [6.45, 7) is 6.68. The van der Waals surface area contributed by atoms with E-state index < -0.39 is 0 Å². The molecule has 0 saturated heterocycles. The molecule has 1 atom stereocenters. The number of hydrogen-bond donors (Lipinski definition) is 1. The maximum Gasteiger partial charge on any atom is 0.251 e. The summed E-state index contributed by atoms with van der Waals surface area (Å²) < 4.78 is 3.64. The number of carbonyl (C=O) groups is 1. The van der Waals surface area contributed by atoms with Crippen molar-refractivity contribution in [1.29, 1.82) is 0 Å². The van der Waals surface area contributed by atoms with E-state index in [2.05, 4.69) is 20.5 Å². The lowest BCUT2D eigenvalue weighted by Gasteiger charge is -2.15. The van der Waals surface area contributed by atoms with Gasteiger partial charge in [-0.1, -0.05) is 12.1 Å². The maximum atomic E-state index is 12.5. The van der Waals surface area contributed by atoms with Gasteiger partial charge in [0.1, 0.15) is 6.33 Å². The molecule has 0 radical (unpaired) electrons. The van der Waals surface area contributed by atoms with Gasteiger partial charge >= 0.3 is 0 Å². The van der Waals surface area contributed by atoms with Crippen molar-refractivity contribution in [3.63, 3.8) is 0 Å². The van der Waals surface area contributed by atoms with Gasteiger partial charge in [-0.05, 0) is 39.0 Å². The highest BCUT2D eigenvalue weighted by Crippen LogP contribution is 2.20. The first-order chi connectivity index (χ1) is 12.0. The van der Waals surface area contributed by atoms with Crippen LogP contribution in [0.3, 0.4) is 0 Å². The summed E-state index contributed by atoms with van der Waals surface area (Å²) in [6.07, 6.45) is 5.14. The van der Waals surface area contributed by atoms with Crippen molar-refractivity contribution in [3.05, 3.63) is 54.6 Å². The molecule has 0 aliphatic rings. The highest BCUT2D eigenvalue weighted by atomic mass is 16.1. The number of rotatable bonds is 6. The molecule has 3 rings (SSSR count). The van der Waals surface area contributed by atoms with Crippen LogP contribution in [0.4, 0.5) is 0 Å². The Hall–Kier alpha value is -2.96. The van der Waals surface area contributed by atoms with Crippen molar-refractivity contribution in [2.24, 2.45) is 0 Å². The zero-order valence-electron chi connectivity index (χ0n) is 14.6. The molecule has 0 aliphatic carbocycles. The zero-order chi connectivity index (χ0) is 17.8. The number of nitrogens with one attached hydrogen (secondary N) is 1. The average molecular weight is 338 g/mol. The van der Waals surface area contributed by atoms with Crippen LogP contribution in [-0.4, -0.2) is 36.5 Å². The Morgan fingerprint density at radius 3 is 2.76 bits per heavy atom. The third-order valence-corrected chi connectivity index (χ3v) is 3.84. The van der Waals surface area contributed by atoms with Crippen LogP contribution >= 0.6 is 0 Å². The number of carbonyl (C=O) groups excluding carboxylic acids is 1. The fourth-order valence-electron chi connectivity index (χ4n) is 2.68. The van der Waals surface area contributed by atoms with Gasteiger partial charge in [0, 0.05) is 35.6 Å². The van der Waals surface area contributed by atoms with Crippen molar-refractivity contribution in [2.75, 3.05) is 0 Å². The summed E-state index contributed by atoms with van der Waals surface area (Å²) >= 11 is 0. The first-order valence-corrected chi connectivity index (χ1v) is 8.33. The summed E-state index contributed by atoms with van der Waals surface area (Å²) in [5, 5.41) is 11.4. The van der Waals surface area contributed by atoms with E-state index in [1.807, 2.05) is 55.9 Å². The Labute approximate surface area is 146 Å². The van der Waals surface area contributed by atoms with E-state index in [4.69, 9.17) is 0 Å². The van der Waals surface area contributed by atoms with Crippen LogP contribution in [-0.2, 0) is 6.54 Å². The van der Waals surface area contributed by atoms with E-state index in [1.54, 1.807) is 16.9 Å². The van der Waals surface area contributed by atoms with Crippen molar-refractivity contribution in [2.45, 2.75) is 39.4 Å². The molecular formula is C18H22N6O. The topological polar surface area (TPSA) is 77.6 Å². The van der Waals surface area contributed by atoms with Crippen LogP contribution in [0, 0.1) is 0 Å². The van der Waals surface area contributed by atoms with Crippen molar-refractivity contribution in [3.8, 4) is 11.4 Å². The predicted molar refractivity (Wildman–Crippen MR) is 95.0 cm³/mol. The average Bonchev–Trinajstić information content (AvgIpc) is 3.26. The Kier molecular flexibility index (Phi) is 4.92. The molecule has 7 nitrogen and oxygen atoms in total. The number of nitrogens with zero attached hydrogens (tertiary/aromatic N) is 5. The predicted octanol–water partition coefficient (Wildman–Crippen LogP) is 2.54. The Balaban J connectivity index is 1.74. The summed E-state index contributed by atoms with van der Waals surface area (Å²) in [6, 6.07) is 9.48. The normalized spacial score (nSPS) is 12.3. The molecule has 1 aromatic carbocycles. The van der Waals surface area contributed by atoms with Crippen LogP contribution in [0.1, 0.15) is 37.2 Å². The second-order valence-electron chi connectivity index (χ2n) is 6.31. The summed E-state index contributed by atoms with van der Waals surface area (Å²) in [5.41, 5.74) is 1.47. The first-order valence-electron chi connectivity index (χ1n) is 8.33. The quantitative estimate of drug-likeness (QED) is 0.749. The van der Waals surface area contributed by atoms with Gasteiger partial charge in [0.15, 0.2) is 5.82 Å². The summed E-state index contributed by atoms with van der Waals surface area (Å²) in [7, 11) is 0. The zero-order valence-corrected chi connectivity index (χ0v) is 14.6. The maximum absolute atomic E-state index is 12.5. The molecule has 1 amide bonds. The van der Waals surface area contributed by atoms with Gasteiger partial charge in [-0.15, -0.1) is 0 Å². The molecule has 25 heavy (non-hydrogen) atoms. The van der Waals surface area contributed by atoms with Crippen molar-refractivity contribution >= 4 is 5.91 Å². The molecule has 0 saturated carbocycles. The van der Waals surface area contributed by atoms with Crippen LogP contribution < -0.4 is 5.32 Å². The van der Waals surface area contributed by atoms with Crippen LogP contribution in [0.2, 0.25) is 0 Å². The van der Waals surface area contributed by atoms with Gasteiger partial charge < -0.3 is 5.32 Å². The molecule has 3 aromatic rings. The van der Waals surface area contributed by atoms with Crippen molar-refractivity contribution < 1.29 is 4.79 Å². The number of amides is 1. The molecular weight excluding hydrogens is 316 g/mol. The molecule has 2 heterocycles. The molecule has 2 aromatic heterocycles. The Morgan fingerprint density at radius 2 is 2.04 bits per heavy atom. The van der Waals surface area contributed by atoms with Gasteiger partial charge in [0.2, 0.25) is 0 Å². The summed E-state index contributed by atoms with van der Waals surface area (Å²) in [4.78, 5) is 16.9. The molecule has 0 spiro atoms. The van der Waals surface area contributed by atoms with E-state index in [-0.39, 0.29) is 18.0 Å². The second kappa shape index (κ2) is 7.29. The van der Waals surface area contributed by atoms with E-state index in [0.717, 1.165) is 11.4 Å². The van der Waals surface area contributed by atoms with E-state index in [9.17, 15) is 4.79 Å². The second-order valence-corrected chi connectivity index (χ2v) is 6.31. The van der Waals surface area contributed by atoms with E-state index in [0.29, 0.717) is 12.1 Å². The fourth-order valence-corrected chi connectivity index (χ4v) is 2.68. The minimum absolute atomic E-state index is 0.0321. The van der Waals surface area contributed by atoms with Crippen LogP contribution in [0.5, 0.6) is 0 Å². The SMILES string of the molecule is CC(C)n1ncnc1-c1cccc(C(=O)N[C@H](C)Cn2cccn2)c1. The standard InChI is InChI=1S/C18H22N6O/c1-13(2)24-17(19-12-21-24)15-6-4-7-16(10-15)18(25)22-14(3)11-23-9-5-8-20-23/h4-10,12-14H,11H2,1-3H3,(H,22,25)/t14-/m1/s1. The first kappa shape index (κ1) is 16.9. The number of aromatic nitrogens is 5. The molecule has 0 aliphatic heterocycles. The van der Waals surface area contributed by atoms with Gasteiger partial charge in [-0.25, -0.2) is 9.67 Å². The highest BCUT2D eigenvalue weighted by Gasteiger charge is 2.14. The molecule has 130 valence electrons. The fraction of sp³-hybridized carbons (Fsp3) is 0.333. The summed E-state index contributed by atoms with van der Waals surface area (Å²) in [5.74, 6) is 0.645. The molecule has 0 unspecified atom stereocenters. The van der Waals surface area contributed by atoms with Gasteiger partial charge in [0.05, 0.1) is 6.54 Å². The molecule has 0 fully saturated rings. The smallest absolute Gasteiger partial charge is 0.251 e. The lowest BCUT2D eigenvalue weighted by Crippen LogP contribution is -2.35. The third kappa shape index (κ3) is 3.93. The number of benzene rings is 1. The minimum Gasteiger partial charge on any atom is -0.348 e. The van der Waals surface area contributed by atoms with Gasteiger partial charge in [0.25, 0.3) is 5.91 Å². The van der Waals surface area contributed by atoms with E-state index >= 15 is 0 Å². The largest absolute Gasteiger partial charge is 0.348 e. The van der Waals surface area contributed by atoms with Gasteiger partial charge in [-0.2, -0.15) is 10.2 Å². The Morgan fingerprint density at radius 1 is 1.20 bits per heavy atom. The molecule has 7 heteroatoms. The monoisotopic (exact) mass is 338 g/mol. The lowest BCUT2D eigenvalue weighted by atomic mass is 10.1. The molecule has 0 bridgehead atoms. The van der Waals surface area contributed by atoms with E-state index in [1.165, 1.54) is 6.33 Å². The number of hydrogen-bond acceptors (Lipinski definition) is 4. The lowest BCUT2D eigenvalue weighted by molar-refractivity contribution is 0.0936. The van der Waals surface area contributed by atoms with Gasteiger partial charge in [-0.3, -0.25) is 9.48 Å². The van der Waals surface area contributed by atoms with Crippen LogP contribution in [0.25, 0.3) is 11.4 Å².